The van der Waals surface area contributed by atoms with Gasteiger partial charge in [-0.3, -0.25) is 14.6 Å². The van der Waals surface area contributed by atoms with Crippen molar-refractivity contribution in [1.29, 1.82) is 0 Å². The van der Waals surface area contributed by atoms with E-state index in [1.165, 1.54) is 6.20 Å². The fraction of sp³-hybridized carbons (Fsp3) is 0.217. The van der Waals surface area contributed by atoms with Gasteiger partial charge in [0.25, 0.3) is 5.91 Å². The van der Waals surface area contributed by atoms with E-state index in [1.807, 2.05) is 36.4 Å². The SMILES string of the molecule is O=C(Nc1cncc(-c2ccccc2)c1)c1ccnc(NC(=O)C2CCCC2)c1. The Kier molecular flexibility index (Phi) is 5.61. The van der Waals surface area contributed by atoms with Gasteiger partial charge in [0.1, 0.15) is 5.82 Å². The number of nitrogens with zero attached hydrogens (tertiary/aromatic N) is 2. The molecule has 2 heterocycles. The van der Waals surface area contributed by atoms with Crippen LogP contribution in [0.15, 0.2) is 67.1 Å². The van der Waals surface area contributed by atoms with Gasteiger partial charge in [-0.15, -0.1) is 0 Å². The van der Waals surface area contributed by atoms with Gasteiger partial charge in [0, 0.05) is 29.4 Å². The van der Waals surface area contributed by atoms with Crippen molar-refractivity contribution in [3.05, 3.63) is 72.7 Å². The maximum Gasteiger partial charge on any atom is 0.255 e. The van der Waals surface area contributed by atoms with Crippen molar-refractivity contribution < 1.29 is 9.59 Å². The molecule has 29 heavy (non-hydrogen) atoms. The lowest BCUT2D eigenvalue weighted by molar-refractivity contribution is -0.119. The van der Waals surface area contributed by atoms with Crippen LogP contribution in [-0.4, -0.2) is 21.8 Å². The first kappa shape index (κ1) is 18.8. The number of hydrogen-bond acceptors (Lipinski definition) is 4. The van der Waals surface area contributed by atoms with Crippen molar-refractivity contribution in [1.82, 2.24) is 9.97 Å². The summed E-state index contributed by atoms with van der Waals surface area (Å²) in [5.74, 6) is 0.134. The summed E-state index contributed by atoms with van der Waals surface area (Å²) in [6.07, 6.45) is 8.89. The predicted molar refractivity (Wildman–Crippen MR) is 112 cm³/mol. The first-order chi connectivity index (χ1) is 14.2. The number of hydrogen-bond donors (Lipinski definition) is 2. The highest BCUT2D eigenvalue weighted by Gasteiger charge is 2.23. The molecule has 0 spiro atoms. The molecule has 6 heteroatoms. The molecule has 146 valence electrons. The summed E-state index contributed by atoms with van der Waals surface area (Å²) in [7, 11) is 0. The van der Waals surface area contributed by atoms with Crippen molar-refractivity contribution in [3.63, 3.8) is 0 Å². The van der Waals surface area contributed by atoms with E-state index in [4.69, 9.17) is 0 Å². The van der Waals surface area contributed by atoms with Gasteiger partial charge in [-0.2, -0.15) is 0 Å². The maximum absolute atomic E-state index is 12.7. The lowest BCUT2D eigenvalue weighted by Gasteiger charge is -2.11. The Labute approximate surface area is 169 Å². The average Bonchev–Trinajstić information content (AvgIpc) is 3.30. The minimum atomic E-state index is -0.282. The highest BCUT2D eigenvalue weighted by molar-refractivity contribution is 6.05. The van der Waals surface area contributed by atoms with Gasteiger partial charge in [0.05, 0.1) is 11.9 Å². The second kappa shape index (κ2) is 8.65. The van der Waals surface area contributed by atoms with Gasteiger partial charge in [-0.25, -0.2) is 4.98 Å². The number of aromatic nitrogens is 2. The van der Waals surface area contributed by atoms with Crippen LogP contribution in [0, 0.1) is 5.92 Å². The summed E-state index contributed by atoms with van der Waals surface area (Å²) >= 11 is 0. The van der Waals surface area contributed by atoms with E-state index in [2.05, 4.69) is 20.6 Å². The quantitative estimate of drug-likeness (QED) is 0.675. The van der Waals surface area contributed by atoms with Crippen LogP contribution in [0.25, 0.3) is 11.1 Å². The van der Waals surface area contributed by atoms with Crippen LogP contribution >= 0.6 is 0 Å². The zero-order valence-electron chi connectivity index (χ0n) is 16.0. The molecule has 0 aliphatic heterocycles. The number of anilines is 2. The van der Waals surface area contributed by atoms with E-state index < -0.39 is 0 Å². The molecule has 0 radical (unpaired) electrons. The standard InChI is InChI=1S/C23H22N4O2/c28-22(17-8-4-5-9-17)27-21-13-18(10-11-25-21)23(29)26-20-12-19(14-24-15-20)16-6-2-1-3-7-16/h1-3,6-7,10-15,17H,4-5,8-9H2,(H,26,29)(H,25,27,28). The van der Waals surface area contributed by atoms with Crippen molar-refractivity contribution >= 4 is 23.3 Å². The van der Waals surface area contributed by atoms with Crippen molar-refractivity contribution in [2.75, 3.05) is 10.6 Å². The number of pyridine rings is 2. The summed E-state index contributed by atoms with van der Waals surface area (Å²) in [6, 6.07) is 14.9. The summed E-state index contributed by atoms with van der Waals surface area (Å²) in [5.41, 5.74) is 2.97. The second-order valence-corrected chi connectivity index (χ2v) is 7.18. The van der Waals surface area contributed by atoms with Crippen LogP contribution in [-0.2, 0) is 4.79 Å². The second-order valence-electron chi connectivity index (χ2n) is 7.18. The average molecular weight is 386 g/mol. The lowest BCUT2D eigenvalue weighted by Crippen LogP contribution is -2.21. The third-order valence-corrected chi connectivity index (χ3v) is 5.10. The van der Waals surface area contributed by atoms with Crippen LogP contribution in [0.1, 0.15) is 36.0 Å². The molecule has 2 N–H and O–H groups in total. The molecule has 0 bridgehead atoms. The molecule has 1 aromatic carbocycles. The molecular weight excluding hydrogens is 364 g/mol. The molecule has 0 unspecified atom stereocenters. The Bertz CT molecular complexity index is 1010. The van der Waals surface area contributed by atoms with E-state index in [0.29, 0.717) is 17.1 Å². The Morgan fingerprint density at radius 1 is 0.897 bits per heavy atom. The summed E-state index contributed by atoms with van der Waals surface area (Å²) in [5, 5.41) is 5.69. The maximum atomic E-state index is 12.7. The molecule has 0 atom stereocenters. The molecule has 1 saturated carbocycles. The Hall–Kier alpha value is -3.54. The molecule has 2 aromatic heterocycles. The number of carbonyl (C=O) groups excluding carboxylic acids is 2. The van der Waals surface area contributed by atoms with Crippen LogP contribution in [0.3, 0.4) is 0 Å². The van der Waals surface area contributed by atoms with E-state index >= 15 is 0 Å². The molecule has 2 amide bonds. The minimum absolute atomic E-state index is 0.0210. The molecule has 1 fully saturated rings. The highest BCUT2D eigenvalue weighted by Crippen LogP contribution is 2.26. The summed E-state index contributed by atoms with van der Waals surface area (Å²) < 4.78 is 0. The largest absolute Gasteiger partial charge is 0.321 e. The highest BCUT2D eigenvalue weighted by atomic mass is 16.2. The van der Waals surface area contributed by atoms with Gasteiger partial charge >= 0.3 is 0 Å². The monoisotopic (exact) mass is 386 g/mol. The van der Waals surface area contributed by atoms with Gasteiger partial charge < -0.3 is 10.6 Å². The number of carbonyl (C=O) groups is 2. The Morgan fingerprint density at radius 2 is 1.69 bits per heavy atom. The first-order valence-corrected chi connectivity index (χ1v) is 9.78. The molecule has 6 nitrogen and oxygen atoms in total. The topological polar surface area (TPSA) is 84.0 Å². The normalized spacial score (nSPS) is 13.8. The third kappa shape index (κ3) is 4.66. The molecule has 3 aromatic rings. The molecule has 1 aliphatic carbocycles. The molecule has 0 saturated heterocycles. The van der Waals surface area contributed by atoms with Crippen molar-refractivity contribution in [3.8, 4) is 11.1 Å². The van der Waals surface area contributed by atoms with Gasteiger partial charge in [-0.1, -0.05) is 43.2 Å². The Balaban J connectivity index is 1.45. The summed E-state index contributed by atoms with van der Waals surface area (Å²) in [6.45, 7) is 0. The van der Waals surface area contributed by atoms with Gasteiger partial charge in [-0.05, 0) is 36.6 Å². The van der Waals surface area contributed by atoms with E-state index in [1.54, 1.807) is 24.5 Å². The van der Waals surface area contributed by atoms with E-state index in [-0.39, 0.29) is 17.7 Å². The first-order valence-electron chi connectivity index (χ1n) is 9.78. The third-order valence-electron chi connectivity index (χ3n) is 5.10. The van der Waals surface area contributed by atoms with Gasteiger partial charge in [0.15, 0.2) is 0 Å². The number of nitrogens with one attached hydrogen (secondary N) is 2. The van der Waals surface area contributed by atoms with Crippen LogP contribution in [0.4, 0.5) is 11.5 Å². The number of amides is 2. The molecular formula is C23H22N4O2. The zero-order valence-corrected chi connectivity index (χ0v) is 16.0. The van der Waals surface area contributed by atoms with Crippen molar-refractivity contribution in [2.24, 2.45) is 5.92 Å². The minimum Gasteiger partial charge on any atom is -0.321 e. The van der Waals surface area contributed by atoms with Crippen LogP contribution < -0.4 is 10.6 Å². The smallest absolute Gasteiger partial charge is 0.255 e. The number of benzene rings is 1. The van der Waals surface area contributed by atoms with Crippen LogP contribution in [0.5, 0.6) is 0 Å². The molecule has 1 aliphatic rings. The van der Waals surface area contributed by atoms with Crippen LogP contribution in [0.2, 0.25) is 0 Å². The summed E-state index contributed by atoms with van der Waals surface area (Å²) in [4.78, 5) is 33.4. The Morgan fingerprint density at radius 3 is 2.48 bits per heavy atom. The lowest BCUT2D eigenvalue weighted by atomic mass is 10.1. The van der Waals surface area contributed by atoms with Crippen molar-refractivity contribution in [2.45, 2.75) is 25.7 Å². The van der Waals surface area contributed by atoms with E-state index in [0.717, 1.165) is 36.8 Å². The fourth-order valence-electron chi connectivity index (χ4n) is 3.56. The zero-order chi connectivity index (χ0) is 20.1. The number of rotatable bonds is 5. The fourth-order valence-corrected chi connectivity index (χ4v) is 3.56. The molecule has 4 rings (SSSR count). The van der Waals surface area contributed by atoms with E-state index in [9.17, 15) is 9.59 Å². The van der Waals surface area contributed by atoms with Gasteiger partial charge in [0.2, 0.25) is 5.91 Å². The predicted octanol–water partition coefficient (Wildman–Crippen LogP) is 4.52.